The Balaban J connectivity index is 1.95. The van der Waals surface area contributed by atoms with Crippen molar-refractivity contribution in [2.24, 2.45) is 0 Å². The van der Waals surface area contributed by atoms with Gasteiger partial charge in [0, 0.05) is 18.3 Å². The van der Waals surface area contributed by atoms with E-state index in [0.717, 1.165) is 38.5 Å². The molecule has 1 heterocycles. The summed E-state index contributed by atoms with van der Waals surface area (Å²) in [6.07, 6.45) is 6.67. The van der Waals surface area contributed by atoms with Crippen molar-refractivity contribution in [1.82, 2.24) is 9.62 Å². The average Bonchev–Trinajstić information content (AvgIpc) is 3.02. The van der Waals surface area contributed by atoms with Crippen LogP contribution in [-0.4, -0.2) is 62.1 Å². The largest absolute Gasteiger partial charge is 0.497 e. The van der Waals surface area contributed by atoms with Gasteiger partial charge in [0.2, 0.25) is 21.8 Å². The third kappa shape index (κ3) is 5.26. The molecule has 32 heavy (non-hydrogen) atoms. The first kappa shape index (κ1) is 24.5. The molecule has 9 heteroatoms. The summed E-state index contributed by atoms with van der Waals surface area (Å²) >= 11 is 0. The van der Waals surface area contributed by atoms with E-state index in [1.54, 1.807) is 45.2 Å². The zero-order valence-corrected chi connectivity index (χ0v) is 20.1. The van der Waals surface area contributed by atoms with Gasteiger partial charge in [-0.3, -0.25) is 14.5 Å². The number of nitrogens with one attached hydrogen (secondary N) is 1. The lowest BCUT2D eigenvalue weighted by molar-refractivity contribution is -0.133. The summed E-state index contributed by atoms with van der Waals surface area (Å²) < 4.78 is 32.0. The number of sulfonamides is 1. The van der Waals surface area contributed by atoms with E-state index in [-0.39, 0.29) is 30.8 Å². The maximum atomic E-state index is 13.6. The molecule has 0 aromatic heterocycles. The van der Waals surface area contributed by atoms with E-state index in [1.165, 1.54) is 9.21 Å². The lowest BCUT2D eigenvalue weighted by Crippen LogP contribution is -2.71. The number of methoxy groups -OCH3 is 1. The maximum absolute atomic E-state index is 13.6. The van der Waals surface area contributed by atoms with Crippen molar-refractivity contribution in [3.63, 3.8) is 0 Å². The number of amides is 2. The number of hydrogen-bond acceptors (Lipinski definition) is 5. The molecule has 1 saturated heterocycles. The Labute approximate surface area is 191 Å². The summed E-state index contributed by atoms with van der Waals surface area (Å²) in [6.45, 7) is 3.09. The van der Waals surface area contributed by atoms with Crippen LogP contribution < -0.4 is 15.0 Å². The van der Waals surface area contributed by atoms with Crippen LogP contribution in [0.25, 0.3) is 0 Å². The minimum Gasteiger partial charge on any atom is -0.497 e. The van der Waals surface area contributed by atoms with Gasteiger partial charge in [0.1, 0.15) is 11.3 Å². The molecule has 2 amide bonds. The fourth-order valence-electron chi connectivity index (χ4n) is 4.65. The molecule has 2 fully saturated rings. The summed E-state index contributed by atoms with van der Waals surface area (Å²) in [5.74, 6) is -0.150. The van der Waals surface area contributed by atoms with Gasteiger partial charge in [0.05, 0.1) is 19.4 Å². The summed E-state index contributed by atoms with van der Waals surface area (Å²) in [5.41, 5.74) is -0.821. The molecule has 0 radical (unpaired) electrons. The number of carbonyl (C=O) groups is 2. The Morgan fingerprint density at radius 2 is 1.78 bits per heavy atom. The molecule has 8 nitrogen and oxygen atoms in total. The van der Waals surface area contributed by atoms with E-state index >= 15 is 0 Å². The molecule has 1 aliphatic heterocycles. The highest BCUT2D eigenvalue weighted by molar-refractivity contribution is 7.89. The quantitative estimate of drug-likeness (QED) is 0.625. The molecule has 178 valence electrons. The van der Waals surface area contributed by atoms with Crippen LogP contribution in [0.4, 0.5) is 5.69 Å². The van der Waals surface area contributed by atoms with Gasteiger partial charge >= 0.3 is 0 Å². The Kier molecular flexibility index (Phi) is 7.82. The molecule has 2 aliphatic rings. The molecule has 1 aliphatic carbocycles. The van der Waals surface area contributed by atoms with E-state index in [9.17, 15) is 18.0 Å². The number of ether oxygens (including phenoxy) is 1. The minimum absolute atomic E-state index is 0.0391. The number of anilines is 1. The van der Waals surface area contributed by atoms with Crippen molar-refractivity contribution < 1.29 is 22.7 Å². The van der Waals surface area contributed by atoms with Gasteiger partial charge in [0.15, 0.2) is 0 Å². The van der Waals surface area contributed by atoms with Crippen LogP contribution >= 0.6 is 0 Å². The molecular weight excluding hydrogens is 430 g/mol. The number of carbonyl (C=O) groups excluding carboxylic acids is 2. The maximum Gasteiger partial charge on any atom is 0.247 e. The molecular formula is C23H35N3O5S. The van der Waals surface area contributed by atoms with Crippen LogP contribution in [0.3, 0.4) is 0 Å². The lowest BCUT2D eigenvalue weighted by atomic mass is 9.93. The van der Waals surface area contributed by atoms with Crippen LogP contribution in [0.1, 0.15) is 58.8 Å². The van der Waals surface area contributed by atoms with Crippen LogP contribution in [0, 0.1) is 0 Å². The molecule has 3 rings (SSSR count). The second-order valence-corrected chi connectivity index (χ2v) is 11.0. The Morgan fingerprint density at radius 1 is 1.16 bits per heavy atom. The molecule has 1 atom stereocenters. The van der Waals surface area contributed by atoms with Gasteiger partial charge in [0.25, 0.3) is 0 Å². The van der Waals surface area contributed by atoms with Crippen LogP contribution in [0.15, 0.2) is 24.3 Å². The number of benzene rings is 1. The SMILES string of the molecule is CCCS(=O)(=O)N1CC(=O)N(c2ccc(OC)cc2)[C@](C)(C(=O)NC2CCCCCC2)C1. The van der Waals surface area contributed by atoms with Gasteiger partial charge in [-0.05, 0) is 50.5 Å². The van der Waals surface area contributed by atoms with Gasteiger partial charge in [-0.15, -0.1) is 0 Å². The van der Waals surface area contributed by atoms with Crippen LogP contribution in [0.2, 0.25) is 0 Å². The molecule has 1 aromatic rings. The predicted molar refractivity (Wildman–Crippen MR) is 124 cm³/mol. The van der Waals surface area contributed by atoms with Crippen molar-refractivity contribution in [2.75, 3.05) is 30.9 Å². The van der Waals surface area contributed by atoms with E-state index in [1.807, 2.05) is 0 Å². The first-order valence-electron chi connectivity index (χ1n) is 11.5. The molecule has 0 unspecified atom stereocenters. The monoisotopic (exact) mass is 465 g/mol. The minimum atomic E-state index is -3.64. The van der Waals surface area contributed by atoms with E-state index < -0.39 is 21.5 Å². The fourth-order valence-corrected chi connectivity index (χ4v) is 6.18. The number of nitrogens with zero attached hydrogens (tertiary/aromatic N) is 2. The molecule has 0 spiro atoms. The number of hydrogen-bond donors (Lipinski definition) is 1. The van der Waals surface area contributed by atoms with E-state index in [2.05, 4.69) is 5.32 Å². The topological polar surface area (TPSA) is 96.0 Å². The van der Waals surface area contributed by atoms with Gasteiger partial charge < -0.3 is 10.1 Å². The van der Waals surface area contributed by atoms with Crippen molar-refractivity contribution in [1.29, 1.82) is 0 Å². The summed E-state index contributed by atoms with van der Waals surface area (Å²) in [5, 5.41) is 3.14. The zero-order valence-electron chi connectivity index (χ0n) is 19.3. The zero-order chi connectivity index (χ0) is 23.4. The van der Waals surface area contributed by atoms with Crippen LogP contribution in [0.5, 0.6) is 5.75 Å². The molecule has 1 N–H and O–H groups in total. The average molecular weight is 466 g/mol. The van der Waals surface area contributed by atoms with Crippen molar-refractivity contribution in [3.8, 4) is 5.75 Å². The molecule has 0 bridgehead atoms. The summed E-state index contributed by atoms with van der Waals surface area (Å²) in [6, 6.07) is 6.95. The van der Waals surface area contributed by atoms with Crippen molar-refractivity contribution in [3.05, 3.63) is 24.3 Å². The van der Waals surface area contributed by atoms with Gasteiger partial charge in [-0.1, -0.05) is 32.6 Å². The number of rotatable bonds is 7. The Hall–Kier alpha value is -2.13. The second-order valence-electron chi connectivity index (χ2n) is 8.95. The smallest absolute Gasteiger partial charge is 0.247 e. The standard InChI is InChI=1S/C23H35N3O5S/c1-4-15-32(29,30)25-16-21(27)26(19-11-13-20(31-3)14-12-19)23(2,17-25)22(28)24-18-9-7-5-6-8-10-18/h11-14,18H,4-10,15-17H2,1-3H3,(H,24,28)/t23-/m0/s1. The van der Waals surface area contributed by atoms with Crippen molar-refractivity contribution in [2.45, 2.75) is 70.4 Å². The third-order valence-electron chi connectivity index (χ3n) is 6.40. The Bertz CT molecular complexity index is 910. The van der Waals surface area contributed by atoms with Gasteiger partial charge in [-0.2, -0.15) is 4.31 Å². The van der Waals surface area contributed by atoms with Crippen molar-refractivity contribution >= 4 is 27.5 Å². The first-order valence-corrected chi connectivity index (χ1v) is 13.1. The predicted octanol–water partition coefficient (Wildman–Crippen LogP) is 2.68. The third-order valence-corrected chi connectivity index (χ3v) is 8.37. The first-order chi connectivity index (χ1) is 15.2. The molecule has 1 aromatic carbocycles. The van der Waals surface area contributed by atoms with Gasteiger partial charge in [-0.25, -0.2) is 8.42 Å². The normalized spacial score (nSPS) is 23.6. The highest BCUT2D eigenvalue weighted by atomic mass is 32.2. The highest BCUT2D eigenvalue weighted by Crippen LogP contribution is 2.32. The Morgan fingerprint density at radius 3 is 2.34 bits per heavy atom. The summed E-state index contributed by atoms with van der Waals surface area (Å²) in [7, 11) is -2.08. The van der Waals surface area contributed by atoms with E-state index in [0.29, 0.717) is 17.9 Å². The molecule has 1 saturated carbocycles. The number of piperazine rings is 1. The highest BCUT2D eigenvalue weighted by Gasteiger charge is 2.51. The lowest BCUT2D eigenvalue weighted by Gasteiger charge is -2.47. The summed E-state index contributed by atoms with van der Waals surface area (Å²) in [4.78, 5) is 28.4. The van der Waals surface area contributed by atoms with Crippen LogP contribution in [-0.2, 0) is 19.6 Å². The second kappa shape index (κ2) is 10.2. The van der Waals surface area contributed by atoms with E-state index in [4.69, 9.17) is 4.74 Å². The fraction of sp³-hybridized carbons (Fsp3) is 0.652.